The van der Waals surface area contributed by atoms with Crippen molar-refractivity contribution in [3.05, 3.63) is 121 Å². The van der Waals surface area contributed by atoms with Crippen LogP contribution in [-0.2, 0) is 8.43 Å². The summed E-state index contributed by atoms with van der Waals surface area (Å²) in [7, 11) is -4.42. The second kappa shape index (κ2) is 10.5. The van der Waals surface area contributed by atoms with E-state index in [1.807, 2.05) is 24.3 Å². The van der Waals surface area contributed by atoms with E-state index in [1.54, 1.807) is 0 Å². The van der Waals surface area contributed by atoms with Gasteiger partial charge in [0.05, 0.1) is 16.3 Å². The summed E-state index contributed by atoms with van der Waals surface area (Å²) in [5.41, 5.74) is 0. The van der Waals surface area contributed by atoms with Crippen LogP contribution < -0.4 is 21.2 Å². The van der Waals surface area contributed by atoms with E-state index in [0.717, 1.165) is 0 Å². The van der Waals surface area contributed by atoms with Gasteiger partial charge >= 0.3 is 8.56 Å². The summed E-state index contributed by atoms with van der Waals surface area (Å²) < 4.78 is 13.8. The Morgan fingerprint density at radius 2 is 0.645 bits per heavy atom. The van der Waals surface area contributed by atoms with Gasteiger partial charge in [0.1, 0.15) is 0 Å². The van der Waals surface area contributed by atoms with Gasteiger partial charge in [0.2, 0.25) is 0 Å². The molecule has 0 spiro atoms. The molecule has 0 unspecified atom stereocenters. The molecule has 31 heavy (non-hydrogen) atoms. The normalized spacial score (nSPS) is 11.7. The third-order valence-corrected chi connectivity index (χ3v) is 12.6. The van der Waals surface area contributed by atoms with Crippen LogP contribution in [0.5, 0.6) is 0 Å². The Labute approximate surface area is 188 Å². The fourth-order valence-electron chi connectivity index (χ4n) is 3.22. The lowest BCUT2D eigenvalue weighted by Gasteiger charge is -2.32. The summed E-state index contributed by atoms with van der Waals surface area (Å²) in [6, 6.07) is 42.0. The molecule has 0 amide bonds. The van der Waals surface area contributed by atoms with Crippen LogP contribution in [0.2, 0.25) is 13.1 Å². The highest BCUT2D eigenvalue weighted by atomic mass is 31.1. The lowest BCUT2D eigenvalue weighted by atomic mass is 10.4. The molecule has 0 aliphatic rings. The molecule has 4 rings (SSSR count). The summed E-state index contributed by atoms with van der Waals surface area (Å²) in [5, 5.41) is 4.82. The minimum Gasteiger partial charge on any atom is -0.363 e. The Bertz CT molecular complexity index is 896. The maximum atomic E-state index is 6.88. The smallest absolute Gasteiger partial charge is 0.339 e. The first-order valence-electron chi connectivity index (χ1n) is 10.3. The van der Waals surface area contributed by atoms with Gasteiger partial charge in [0.25, 0.3) is 0 Å². The van der Waals surface area contributed by atoms with E-state index in [0.29, 0.717) is 0 Å². The molecule has 0 saturated carbocycles. The summed E-state index contributed by atoms with van der Waals surface area (Å²) in [4.78, 5) is 0. The quantitative estimate of drug-likeness (QED) is 0.244. The first-order valence-corrected chi connectivity index (χ1v) is 15.6. The van der Waals surface area contributed by atoms with Gasteiger partial charge in [-0.05, 0) is 13.1 Å². The van der Waals surface area contributed by atoms with Gasteiger partial charge in [0.15, 0.2) is 0 Å². The summed E-state index contributed by atoms with van der Waals surface area (Å²) in [6.07, 6.45) is 0. The average Bonchev–Trinajstić information content (AvgIpc) is 2.83. The van der Waals surface area contributed by atoms with Gasteiger partial charge in [-0.2, -0.15) is 0 Å². The molecule has 156 valence electrons. The Morgan fingerprint density at radius 3 is 0.871 bits per heavy atom. The maximum absolute atomic E-state index is 6.88. The van der Waals surface area contributed by atoms with Crippen LogP contribution in [0.4, 0.5) is 0 Å². The maximum Gasteiger partial charge on any atom is 0.339 e. The van der Waals surface area contributed by atoms with Crippen molar-refractivity contribution in [2.24, 2.45) is 0 Å². The van der Waals surface area contributed by atoms with Gasteiger partial charge in [-0.3, -0.25) is 0 Å². The highest BCUT2D eigenvalue weighted by molar-refractivity contribution is 7.71. The summed E-state index contributed by atoms with van der Waals surface area (Å²) >= 11 is 0. The zero-order valence-electron chi connectivity index (χ0n) is 17.8. The molecule has 0 saturated heterocycles. The van der Waals surface area contributed by atoms with Crippen LogP contribution in [-0.4, -0.2) is 8.56 Å². The molecule has 0 heterocycles. The minimum absolute atomic E-state index is 0.960. The number of benzene rings is 4. The fraction of sp³-hybridized carbons (Fsp3) is 0.0769. The van der Waals surface area contributed by atoms with E-state index >= 15 is 0 Å². The number of hydrogen-bond donors (Lipinski definition) is 0. The van der Waals surface area contributed by atoms with E-state index in [9.17, 15) is 0 Å². The van der Waals surface area contributed by atoms with Crippen molar-refractivity contribution >= 4 is 46.1 Å². The van der Waals surface area contributed by atoms with Crippen LogP contribution in [0.1, 0.15) is 0 Å². The molecule has 0 aromatic heterocycles. The van der Waals surface area contributed by atoms with E-state index < -0.39 is 24.9 Å². The number of hydrogen-bond acceptors (Lipinski definition) is 2. The molecule has 0 N–H and O–H groups in total. The van der Waals surface area contributed by atoms with E-state index in [-0.39, 0.29) is 0 Å². The molecule has 0 fully saturated rings. The second-order valence-corrected chi connectivity index (χ2v) is 15.0. The Morgan fingerprint density at radius 1 is 0.419 bits per heavy atom. The second-order valence-electron chi connectivity index (χ2n) is 7.51. The topological polar surface area (TPSA) is 18.5 Å². The van der Waals surface area contributed by atoms with Crippen molar-refractivity contribution in [3.63, 3.8) is 0 Å². The zero-order chi connectivity index (χ0) is 21.5. The molecule has 5 heteroatoms. The predicted octanol–water partition coefficient (Wildman–Crippen LogP) is 5.82. The average molecular weight is 461 g/mol. The molecule has 0 atom stereocenters. The van der Waals surface area contributed by atoms with Crippen LogP contribution >= 0.6 is 16.3 Å². The van der Waals surface area contributed by atoms with Crippen LogP contribution in [0.3, 0.4) is 0 Å². The fourth-order valence-corrected chi connectivity index (χ4v) is 11.2. The van der Waals surface area contributed by atoms with Crippen LogP contribution in [0.25, 0.3) is 0 Å². The largest absolute Gasteiger partial charge is 0.363 e. The van der Waals surface area contributed by atoms with Crippen molar-refractivity contribution in [2.75, 3.05) is 0 Å². The summed E-state index contributed by atoms with van der Waals surface area (Å²) in [6.45, 7) is 4.32. The van der Waals surface area contributed by atoms with Crippen LogP contribution in [0, 0.1) is 0 Å². The molecule has 0 bridgehead atoms. The molecular weight excluding hydrogens is 434 g/mol. The van der Waals surface area contributed by atoms with Crippen molar-refractivity contribution in [3.8, 4) is 0 Å². The first kappa shape index (κ1) is 22.1. The standard InChI is InChI=1S/C26H26O2P2Si/c1-31(2,27-29(23-15-7-3-8-16-23)24-17-9-4-10-18-24)28-30(25-19-11-5-12-20-25)26-21-13-6-14-22-26/h3-22H,1-2H3. The highest BCUT2D eigenvalue weighted by Crippen LogP contribution is 2.45. The molecule has 2 nitrogen and oxygen atoms in total. The number of rotatable bonds is 8. The van der Waals surface area contributed by atoms with Gasteiger partial charge in [-0.1, -0.05) is 121 Å². The first-order chi connectivity index (χ1) is 15.1. The van der Waals surface area contributed by atoms with Gasteiger partial charge in [0, 0.05) is 21.2 Å². The van der Waals surface area contributed by atoms with Crippen molar-refractivity contribution in [2.45, 2.75) is 13.1 Å². The van der Waals surface area contributed by atoms with E-state index in [2.05, 4.69) is 110 Å². The molecule has 0 aliphatic heterocycles. The highest BCUT2D eigenvalue weighted by Gasteiger charge is 2.35. The lowest BCUT2D eigenvalue weighted by Crippen LogP contribution is -2.36. The van der Waals surface area contributed by atoms with Gasteiger partial charge in [-0.15, -0.1) is 0 Å². The molecule has 4 aromatic carbocycles. The Balaban J connectivity index is 1.65. The van der Waals surface area contributed by atoms with Crippen LogP contribution in [0.15, 0.2) is 121 Å². The minimum atomic E-state index is -2.50. The third-order valence-electron chi connectivity index (χ3n) is 4.59. The van der Waals surface area contributed by atoms with Gasteiger partial charge in [-0.25, -0.2) is 0 Å². The molecule has 0 aliphatic carbocycles. The van der Waals surface area contributed by atoms with E-state index in [4.69, 9.17) is 8.43 Å². The lowest BCUT2D eigenvalue weighted by molar-refractivity contribution is 0.460. The predicted molar refractivity (Wildman–Crippen MR) is 138 cm³/mol. The zero-order valence-corrected chi connectivity index (χ0v) is 20.5. The Kier molecular flexibility index (Phi) is 7.45. The molecule has 0 radical (unpaired) electrons. The van der Waals surface area contributed by atoms with Crippen molar-refractivity contribution < 1.29 is 8.43 Å². The van der Waals surface area contributed by atoms with Crippen molar-refractivity contribution in [1.82, 2.24) is 0 Å². The molecule has 4 aromatic rings. The van der Waals surface area contributed by atoms with E-state index in [1.165, 1.54) is 21.2 Å². The van der Waals surface area contributed by atoms with Gasteiger partial charge < -0.3 is 8.43 Å². The summed E-state index contributed by atoms with van der Waals surface area (Å²) in [5.74, 6) is 0. The molecular formula is C26H26O2P2Si. The third kappa shape index (κ3) is 5.98. The monoisotopic (exact) mass is 460 g/mol. The van der Waals surface area contributed by atoms with Crippen molar-refractivity contribution in [1.29, 1.82) is 0 Å². The Hall–Kier alpha value is -2.12. The SMILES string of the molecule is C[Si](C)(OP(c1ccccc1)c1ccccc1)OP(c1ccccc1)c1ccccc1.